The number of carbonyl (C=O) groups is 2. The number of nitrogens with one attached hydrogen (secondary N) is 1. The van der Waals surface area contributed by atoms with Crippen LogP contribution in [0.5, 0.6) is 0 Å². The van der Waals surface area contributed by atoms with Gasteiger partial charge in [-0.15, -0.1) is 0 Å². The van der Waals surface area contributed by atoms with Gasteiger partial charge >= 0.3 is 10.2 Å². The summed E-state index contributed by atoms with van der Waals surface area (Å²) in [6.07, 6.45) is 0.262. The number of hydrogen-bond donors (Lipinski definition) is 1. The molecule has 0 bridgehead atoms. The molecule has 1 atom stereocenters. The Morgan fingerprint density at radius 3 is 2.00 bits per heavy atom. The number of anilines is 1. The molecule has 3 aromatic carbocycles. The van der Waals surface area contributed by atoms with Crippen molar-refractivity contribution in [2.45, 2.75) is 25.9 Å². The van der Waals surface area contributed by atoms with E-state index in [9.17, 15) is 18.0 Å². The molecule has 0 fully saturated rings. The zero-order chi connectivity index (χ0) is 27.7. The van der Waals surface area contributed by atoms with Crippen LogP contribution in [-0.2, 0) is 32.8 Å². The Labute approximate surface area is 230 Å². The molecule has 38 heavy (non-hydrogen) atoms. The van der Waals surface area contributed by atoms with E-state index in [1.54, 1.807) is 54.6 Å². The molecule has 3 rings (SSSR count). The van der Waals surface area contributed by atoms with Crippen LogP contribution in [0.2, 0.25) is 5.02 Å². The molecule has 0 saturated heterocycles. The van der Waals surface area contributed by atoms with Crippen LogP contribution in [0.3, 0.4) is 0 Å². The van der Waals surface area contributed by atoms with Crippen LogP contribution in [0, 0.1) is 0 Å². The van der Waals surface area contributed by atoms with Crippen molar-refractivity contribution in [3.05, 3.63) is 101 Å². The van der Waals surface area contributed by atoms with Crippen LogP contribution in [-0.4, -0.2) is 62.7 Å². The Kier molecular flexibility index (Phi) is 10.3. The highest BCUT2D eigenvalue weighted by atomic mass is 35.5. The largest absolute Gasteiger partial charge is 0.355 e. The summed E-state index contributed by atoms with van der Waals surface area (Å²) in [7, 11) is -1.19. The fourth-order valence-electron chi connectivity index (χ4n) is 3.94. The number of carbonyl (C=O) groups excluding carboxylic acids is 2. The lowest BCUT2D eigenvalue weighted by molar-refractivity contribution is -0.140. The van der Waals surface area contributed by atoms with Gasteiger partial charge in [0.25, 0.3) is 0 Å². The molecular formula is C28H33ClN4O4S. The van der Waals surface area contributed by atoms with Gasteiger partial charge in [0.2, 0.25) is 11.8 Å². The number of halogens is 1. The van der Waals surface area contributed by atoms with E-state index in [1.807, 2.05) is 37.3 Å². The topological polar surface area (TPSA) is 90.0 Å². The fourth-order valence-corrected chi connectivity index (χ4v) is 5.13. The molecule has 8 nitrogen and oxygen atoms in total. The minimum atomic E-state index is -4.01. The van der Waals surface area contributed by atoms with E-state index in [-0.39, 0.29) is 18.9 Å². The minimum Gasteiger partial charge on any atom is -0.355 e. The molecule has 202 valence electrons. The van der Waals surface area contributed by atoms with Crippen molar-refractivity contribution in [3.63, 3.8) is 0 Å². The number of rotatable bonds is 12. The van der Waals surface area contributed by atoms with Gasteiger partial charge in [-0.1, -0.05) is 72.3 Å². The summed E-state index contributed by atoms with van der Waals surface area (Å²) in [5.74, 6) is -0.832. The van der Waals surface area contributed by atoms with Crippen LogP contribution in [0.15, 0.2) is 84.9 Å². The van der Waals surface area contributed by atoms with Gasteiger partial charge in [0.05, 0.1) is 5.69 Å². The van der Waals surface area contributed by atoms with Crippen molar-refractivity contribution in [2.24, 2.45) is 0 Å². The SMILES string of the molecule is CCNC(=O)[C@@H](Cc1ccccc1)N(Cc1ccc(Cl)cc1)C(=O)CN(c1ccccc1)S(=O)(=O)N(C)C. The fraction of sp³-hybridized carbons (Fsp3) is 0.286. The van der Waals surface area contributed by atoms with Gasteiger partial charge in [0.1, 0.15) is 12.6 Å². The number of nitrogens with zero attached hydrogens (tertiary/aromatic N) is 3. The third kappa shape index (κ3) is 7.56. The first kappa shape index (κ1) is 29.2. The van der Waals surface area contributed by atoms with E-state index in [0.717, 1.165) is 19.7 Å². The lowest BCUT2D eigenvalue weighted by Crippen LogP contribution is -2.54. The summed E-state index contributed by atoms with van der Waals surface area (Å²) in [6, 6.07) is 24.0. The Morgan fingerprint density at radius 1 is 0.868 bits per heavy atom. The monoisotopic (exact) mass is 556 g/mol. The van der Waals surface area contributed by atoms with E-state index in [1.165, 1.54) is 19.0 Å². The van der Waals surface area contributed by atoms with Crippen molar-refractivity contribution in [1.82, 2.24) is 14.5 Å². The Balaban J connectivity index is 2.05. The highest BCUT2D eigenvalue weighted by Crippen LogP contribution is 2.22. The zero-order valence-corrected chi connectivity index (χ0v) is 23.3. The molecule has 2 amide bonds. The van der Waals surface area contributed by atoms with Gasteiger partial charge in [-0.2, -0.15) is 12.7 Å². The molecule has 0 saturated carbocycles. The maximum atomic E-state index is 14.0. The van der Waals surface area contributed by atoms with Crippen molar-refractivity contribution in [2.75, 3.05) is 31.5 Å². The maximum absolute atomic E-state index is 14.0. The molecule has 0 unspecified atom stereocenters. The zero-order valence-electron chi connectivity index (χ0n) is 21.7. The van der Waals surface area contributed by atoms with Crippen molar-refractivity contribution in [3.8, 4) is 0 Å². The summed E-state index contributed by atoms with van der Waals surface area (Å²) < 4.78 is 28.7. The van der Waals surface area contributed by atoms with Gasteiger partial charge in [-0.3, -0.25) is 9.59 Å². The first-order chi connectivity index (χ1) is 18.1. The number of para-hydroxylation sites is 1. The van der Waals surface area contributed by atoms with Gasteiger partial charge < -0.3 is 10.2 Å². The van der Waals surface area contributed by atoms with Crippen LogP contribution in [0.25, 0.3) is 0 Å². The maximum Gasteiger partial charge on any atom is 0.304 e. The number of amides is 2. The summed E-state index contributed by atoms with van der Waals surface area (Å²) in [5.41, 5.74) is 1.98. The lowest BCUT2D eigenvalue weighted by Gasteiger charge is -2.34. The summed E-state index contributed by atoms with van der Waals surface area (Å²) >= 11 is 6.07. The van der Waals surface area contributed by atoms with E-state index < -0.39 is 28.7 Å². The van der Waals surface area contributed by atoms with Crippen LogP contribution >= 0.6 is 11.6 Å². The lowest BCUT2D eigenvalue weighted by atomic mass is 10.0. The van der Waals surface area contributed by atoms with E-state index in [4.69, 9.17) is 11.6 Å². The summed E-state index contributed by atoms with van der Waals surface area (Å²) in [6.45, 7) is 1.81. The summed E-state index contributed by atoms with van der Waals surface area (Å²) in [5, 5.41) is 3.38. The van der Waals surface area contributed by atoms with Crippen molar-refractivity contribution < 1.29 is 18.0 Å². The van der Waals surface area contributed by atoms with E-state index in [0.29, 0.717) is 17.3 Å². The molecule has 0 aromatic heterocycles. The smallest absolute Gasteiger partial charge is 0.304 e. The molecule has 0 radical (unpaired) electrons. The molecule has 0 aliphatic rings. The Morgan fingerprint density at radius 2 is 1.45 bits per heavy atom. The van der Waals surface area contributed by atoms with Gasteiger partial charge in [-0.25, -0.2) is 4.31 Å². The average molecular weight is 557 g/mol. The van der Waals surface area contributed by atoms with Crippen LogP contribution in [0.4, 0.5) is 5.69 Å². The predicted molar refractivity (Wildman–Crippen MR) is 151 cm³/mol. The highest BCUT2D eigenvalue weighted by Gasteiger charge is 2.34. The molecule has 0 aliphatic carbocycles. The van der Waals surface area contributed by atoms with Crippen molar-refractivity contribution >= 4 is 39.3 Å². The molecule has 3 aromatic rings. The average Bonchev–Trinajstić information content (AvgIpc) is 2.91. The molecule has 0 aliphatic heterocycles. The Bertz CT molecular complexity index is 1300. The van der Waals surface area contributed by atoms with Crippen molar-refractivity contribution in [1.29, 1.82) is 0 Å². The number of benzene rings is 3. The standard InChI is InChI=1S/C28H33ClN4O4S/c1-4-30-28(35)26(19-22-11-7-5-8-12-22)32(20-23-15-17-24(29)18-16-23)27(34)21-33(38(36,37)31(2)3)25-13-9-6-10-14-25/h5-18,26H,4,19-21H2,1-3H3,(H,30,35)/t26-/m1/s1. The van der Waals surface area contributed by atoms with Gasteiger partial charge in [0.15, 0.2) is 0 Å². The number of likely N-dealkylation sites (N-methyl/N-ethyl adjacent to an activating group) is 1. The van der Waals surface area contributed by atoms with Gasteiger partial charge in [-0.05, 0) is 42.3 Å². The Hall–Kier alpha value is -3.40. The second-order valence-electron chi connectivity index (χ2n) is 8.88. The molecule has 0 heterocycles. The normalized spacial score (nSPS) is 12.1. The van der Waals surface area contributed by atoms with E-state index in [2.05, 4.69) is 5.32 Å². The second-order valence-corrected chi connectivity index (χ2v) is 11.4. The third-order valence-electron chi connectivity index (χ3n) is 5.95. The quantitative estimate of drug-likeness (QED) is 0.368. The first-order valence-corrected chi connectivity index (χ1v) is 14.0. The molecule has 0 spiro atoms. The molecular weight excluding hydrogens is 524 g/mol. The second kappa shape index (κ2) is 13.4. The van der Waals surface area contributed by atoms with Gasteiger partial charge in [0, 0.05) is 38.6 Å². The van der Waals surface area contributed by atoms with Crippen LogP contribution in [0.1, 0.15) is 18.1 Å². The third-order valence-corrected chi connectivity index (χ3v) is 8.02. The number of hydrogen-bond acceptors (Lipinski definition) is 4. The summed E-state index contributed by atoms with van der Waals surface area (Å²) in [4.78, 5) is 28.8. The highest BCUT2D eigenvalue weighted by molar-refractivity contribution is 7.90. The molecule has 1 N–H and O–H groups in total. The predicted octanol–water partition coefficient (Wildman–Crippen LogP) is 3.73. The first-order valence-electron chi connectivity index (χ1n) is 12.2. The molecule has 10 heteroatoms. The van der Waals surface area contributed by atoms with E-state index >= 15 is 0 Å². The van der Waals surface area contributed by atoms with Crippen LogP contribution < -0.4 is 9.62 Å². The minimum absolute atomic E-state index is 0.0925.